The molecule has 1 unspecified atom stereocenters. The number of nitrogens with one attached hydrogen (secondary N) is 3. The molecular weight excluding hydrogens is 404 g/mol. The normalized spacial score (nSPS) is 16.1. The lowest BCUT2D eigenvalue weighted by atomic mass is 10.0. The van der Waals surface area contributed by atoms with Gasteiger partial charge in [-0.1, -0.05) is 44.2 Å². The molecule has 2 aromatic carbocycles. The molecule has 1 atom stereocenters. The average molecular weight is 433 g/mol. The lowest BCUT2D eigenvalue weighted by Crippen LogP contribution is -2.33. The molecule has 0 saturated carbocycles. The Kier molecular flexibility index (Phi) is 6.25. The highest BCUT2D eigenvalue weighted by atomic mass is 16.2. The van der Waals surface area contributed by atoms with Gasteiger partial charge in [0.1, 0.15) is 6.04 Å². The topological polar surface area (TPSA) is 94.3 Å². The second-order valence-electron chi connectivity index (χ2n) is 8.47. The molecule has 1 aliphatic heterocycles. The Morgan fingerprint density at radius 1 is 1.09 bits per heavy atom. The number of carbonyl (C=O) groups excluding carboxylic acids is 3. The first-order chi connectivity index (χ1) is 15.4. The number of carbonyl (C=O) groups is 3. The Hall–Kier alpha value is -3.61. The molecular formula is C25H28N4O3. The van der Waals surface area contributed by atoms with E-state index in [0.29, 0.717) is 18.9 Å². The minimum Gasteiger partial charge on any atom is -0.361 e. The van der Waals surface area contributed by atoms with Crippen LogP contribution in [0.5, 0.6) is 0 Å². The lowest BCUT2D eigenvalue weighted by molar-refractivity contribution is -0.127. The summed E-state index contributed by atoms with van der Waals surface area (Å²) in [6.07, 6.45) is 2.91. The van der Waals surface area contributed by atoms with Crippen LogP contribution in [0.1, 0.15) is 43.7 Å². The van der Waals surface area contributed by atoms with Crippen LogP contribution in [0.2, 0.25) is 0 Å². The highest BCUT2D eigenvalue weighted by molar-refractivity contribution is 6.04. The maximum Gasteiger partial charge on any atom is 0.324 e. The summed E-state index contributed by atoms with van der Waals surface area (Å²) in [5.41, 5.74) is 4.02. The largest absolute Gasteiger partial charge is 0.361 e. The van der Waals surface area contributed by atoms with Crippen molar-refractivity contribution >= 4 is 34.4 Å². The van der Waals surface area contributed by atoms with Crippen LogP contribution in [0.25, 0.3) is 10.9 Å². The smallest absolute Gasteiger partial charge is 0.324 e. The standard InChI is InChI=1S/C25H28N4O3/c1-16(2)17-7-9-19(10-8-17)27-23(30)12-11-22-24(31)29(25(32)28-22)14-13-18-15-26-21-6-4-3-5-20(18)21/h3-10,15-16,22,26H,11-14H2,1-2H3,(H,27,30)(H,28,32). The molecule has 1 fully saturated rings. The summed E-state index contributed by atoms with van der Waals surface area (Å²) in [4.78, 5) is 41.8. The van der Waals surface area contributed by atoms with Crippen LogP contribution in [0.4, 0.5) is 10.5 Å². The van der Waals surface area contributed by atoms with Crippen LogP contribution >= 0.6 is 0 Å². The van der Waals surface area contributed by atoms with Gasteiger partial charge in [0, 0.05) is 35.8 Å². The number of benzene rings is 2. The number of amides is 4. The van der Waals surface area contributed by atoms with Crippen molar-refractivity contribution in [2.24, 2.45) is 0 Å². The number of hydrogen-bond donors (Lipinski definition) is 3. The molecule has 1 aromatic heterocycles. The van der Waals surface area contributed by atoms with E-state index in [0.717, 1.165) is 22.2 Å². The van der Waals surface area contributed by atoms with Crippen molar-refractivity contribution < 1.29 is 14.4 Å². The van der Waals surface area contributed by atoms with E-state index < -0.39 is 12.1 Å². The maximum absolute atomic E-state index is 12.7. The molecule has 32 heavy (non-hydrogen) atoms. The minimum absolute atomic E-state index is 0.152. The average Bonchev–Trinajstić information content (AvgIpc) is 3.31. The summed E-state index contributed by atoms with van der Waals surface area (Å²) < 4.78 is 0. The highest BCUT2D eigenvalue weighted by Crippen LogP contribution is 2.20. The first kappa shape index (κ1) is 21.6. The number of aromatic nitrogens is 1. The van der Waals surface area contributed by atoms with E-state index in [1.165, 1.54) is 10.5 Å². The van der Waals surface area contributed by atoms with Crippen molar-refractivity contribution in [2.75, 3.05) is 11.9 Å². The van der Waals surface area contributed by atoms with Crippen molar-refractivity contribution in [3.05, 3.63) is 65.9 Å². The summed E-state index contributed by atoms with van der Waals surface area (Å²) in [5.74, 6) is -0.0267. The fourth-order valence-corrected chi connectivity index (χ4v) is 4.01. The molecule has 0 radical (unpaired) electrons. The number of hydrogen-bond acceptors (Lipinski definition) is 3. The number of aromatic amines is 1. The number of H-pyrrole nitrogens is 1. The Balaban J connectivity index is 1.28. The maximum atomic E-state index is 12.7. The summed E-state index contributed by atoms with van der Waals surface area (Å²) >= 11 is 0. The van der Waals surface area contributed by atoms with Gasteiger partial charge in [-0.25, -0.2) is 4.79 Å². The third-order valence-electron chi connectivity index (χ3n) is 5.91. The molecule has 0 aliphatic carbocycles. The predicted molar refractivity (Wildman–Crippen MR) is 124 cm³/mol. The van der Waals surface area contributed by atoms with Crippen LogP contribution in [0, 0.1) is 0 Å². The van der Waals surface area contributed by atoms with E-state index in [2.05, 4.69) is 29.5 Å². The van der Waals surface area contributed by atoms with E-state index in [-0.39, 0.29) is 24.7 Å². The Morgan fingerprint density at radius 2 is 1.84 bits per heavy atom. The van der Waals surface area contributed by atoms with Gasteiger partial charge in [-0.05, 0) is 48.1 Å². The Morgan fingerprint density at radius 3 is 2.59 bits per heavy atom. The summed E-state index contributed by atoms with van der Waals surface area (Å²) in [7, 11) is 0. The van der Waals surface area contributed by atoms with E-state index in [1.54, 1.807) is 0 Å². The predicted octanol–water partition coefficient (Wildman–Crippen LogP) is 4.17. The molecule has 4 amide bonds. The second kappa shape index (κ2) is 9.26. The number of imide groups is 1. The van der Waals surface area contributed by atoms with Crippen molar-refractivity contribution in [1.29, 1.82) is 0 Å². The zero-order valence-corrected chi connectivity index (χ0v) is 18.4. The molecule has 166 valence electrons. The molecule has 3 aromatic rings. The third-order valence-corrected chi connectivity index (χ3v) is 5.91. The molecule has 2 heterocycles. The van der Waals surface area contributed by atoms with Crippen LogP contribution < -0.4 is 10.6 Å². The van der Waals surface area contributed by atoms with Crippen molar-refractivity contribution in [2.45, 2.75) is 45.1 Å². The number of rotatable bonds is 8. The number of urea groups is 1. The van der Waals surface area contributed by atoms with Crippen molar-refractivity contribution in [1.82, 2.24) is 15.2 Å². The molecule has 7 heteroatoms. The zero-order valence-electron chi connectivity index (χ0n) is 18.4. The Bertz CT molecular complexity index is 1130. The monoisotopic (exact) mass is 432 g/mol. The van der Waals surface area contributed by atoms with E-state index in [9.17, 15) is 14.4 Å². The highest BCUT2D eigenvalue weighted by Gasteiger charge is 2.37. The van der Waals surface area contributed by atoms with Crippen LogP contribution in [0.15, 0.2) is 54.7 Å². The first-order valence-electron chi connectivity index (χ1n) is 11.0. The summed E-state index contributed by atoms with van der Waals surface area (Å²) in [6.45, 7) is 4.53. The van der Waals surface area contributed by atoms with Crippen LogP contribution in [-0.2, 0) is 16.0 Å². The van der Waals surface area contributed by atoms with E-state index >= 15 is 0 Å². The Labute approximate surface area is 187 Å². The number of fused-ring (bicyclic) bond motifs is 1. The number of anilines is 1. The van der Waals surface area contributed by atoms with Gasteiger partial charge in [0.2, 0.25) is 5.91 Å². The van der Waals surface area contributed by atoms with Crippen LogP contribution in [0.3, 0.4) is 0 Å². The van der Waals surface area contributed by atoms with Gasteiger partial charge in [0.25, 0.3) is 5.91 Å². The molecule has 7 nitrogen and oxygen atoms in total. The van der Waals surface area contributed by atoms with Gasteiger partial charge >= 0.3 is 6.03 Å². The molecule has 1 aliphatic rings. The van der Waals surface area contributed by atoms with Gasteiger partial charge in [-0.3, -0.25) is 14.5 Å². The minimum atomic E-state index is -0.667. The van der Waals surface area contributed by atoms with Gasteiger partial charge in [0.05, 0.1) is 0 Å². The SMILES string of the molecule is CC(C)c1ccc(NC(=O)CCC2NC(=O)N(CCc3c[nH]c4ccccc34)C2=O)cc1. The molecule has 0 bridgehead atoms. The van der Waals surface area contributed by atoms with Gasteiger partial charge in [-0.15, -0.1) is 0 Å². The van der Waals surface area contributed by atoms with Crippen molar-refractivity contribution in [3.63, 3.8) is 0 Å². The number of para-hydroxylation sites is 1. The van der Waals surface area contributed by atoms with Crippen LogP contribution in [-0.4, -0.2) is 40.3 Å². The van der Waals surface area contributed by atoms with Gasteiger partial charge in [-0.2, -0.15) is 0 Å². The zero-order chi connectivity index (χ0) is 22.7. The fourth-order valence-electron chi connectivity index (χ4n) is 4.01. The summed E-state index contributed by atoms with van der Waals surface area (Å²) in [5, 5.41) is 6.65. The molecule has 4 rings (SSSR count). The van der Waals surface area contributed by atoms with Crippen molar-refractivity contribution in [3.8, 4) is 0 Å². The van der Waals surface area contributed by atoms with Gasteiger partial charge in [0.15, 0.2) is 0 Å². The quantitative estimate of drug-likeness (QED) is 0.466. The molecule has 1 saturated heterocycles. The number of nitrogens with zero attached hydrogens (tertiary/aromatic N) is 1. The first-order valence-corrected chi connectivity index (χ1v) is 11.0. The van der Waals surface area contributed by atoms with E-state index in [4.69, 9.17) is 0 Å². The summed E-state index contributed by atoms with van der Waals surface area (Å²) in [6, 6.07) is 14.6. The molecule has 0 spiro atoms. The lowest BCUT2D eigenvalue weighted by Gasteiger charge is -2.13. The second-order valence-corrected chi connectivity index (χ2v) is 8.47. The van der Waals surface area contributed by atoms with Gasteiger partial charge < -0.3 is 15.6 Å². The van der Waals surface area contributed by atoms with E-state index in [1.807, 2.05) is 54.7 Å². The third kappa shape index (κ3) is 4.66. The fraction of sp³-hybridized carbons (Fsp3) is 0.320. The molecule has 3 N–H and O–H groups in total.